The average molecular weight is 338 g/mol. The smallest absolute Gasteiger partial charge is 0.231 e. The van der Waals surface area contributed by atoms with Crippen LogP contribution >= 0.6 is 11.6 Å². The predicted octanol–water partition coefficient (Wildman–Crippen LogP) is 3.44. The van der Waals surface area contributed by atoms with Crippen molar-refractivity contribution in [2.75, 3.05) is 19.9 Å². The standard InChI is InChI=1S/C18H24ClNO3/c1-2-18(21)5-3-4-12-8-20(10-14(12)18)9-13-6-16-17(7-15(13)19)23-11-22-16/h6-7,12,14,21H,2-5,8-11H2,1H3/t12-,14+,18-/m0/s1. The molecule has 4 nitrogen and oxygen atoms in total. The fourth-order valence-corrected chi connectivity index (χ4v) is 4.82. The van der Waals surface area contributed by atoms with Gasteiger partial charge in [0, 0.05) is 36.6 Å². The van der Waals surface area contributed by atoms with Gasteiger partial charge in [0.1, 0.15) is 0 Å². The molecule has 4 rings (SSSR count). The number of benzene rings is 1. The number of likely N-dealkylation sites (tertiary alicyclic amines) is 1. The zero-order chi connectivity index (χ0) is 16.0. The molecule has 3 atom stereocenters. The zero-order valence-corrected chi connectivity index (χ0v) is 14.3. The van der Waals surface area contributed by atoms with E-state index in [1.54, 1.807) is 0 Å². The number of aliphatic hydroxyl groups is 1. The van der Waals surface area contributed by atoms with E-state index in [1.165, 1.54) is 6.42 Å². The van der Waals surface area contributed by atoms with Gasteiger partial charge in [-0.2, -0.15) is 0 Å². The summed E-state index contributed by atoms with van der Waals surface area (Å²) in [5.41, 5.74) is 0.602. The molecule has 0 spiro atoms. The van der Waals surface area contributed by atoms with Gasteiger partial charge in [-0.1, -0.05) is 24.9 Å². The molecule has 1 saturated carbocycles. The van der Waals surface area contributed by atoms with E-state index in [9.17, 15) is 5.11 Å². The third-order valence-corrected chi connectivity index (χ3v) is 6.29. The van der Waals surface area contributed by atoms with Crippen LogP contribution in [-0.2, 0) is 6.54 Å². The Bertz CT molecular complexity index is 608. The van der Waals surface area contributed by atoms with Crippen molar-refractivity contribution in [3.05, 3.63) is 22.7 Å². The predicted molar refractivity (Wildman–Crippen MR) is 88.9 cm³/mol. The number of nitrogens with zero attached hydrogens (tertiary/aromatic N) is 1. The number of hydrogen-bond donors (Lipinski definition) is 1. The quantitative estimate of drug-likeness (QED) is 0.917. The van der Waals surface area contributed by atoms with Crippen molar-refractivity contribution in [2.45, 2.75) is 44.8 Å². The van der Waals surface area contributed by atoms with Crippen LogP contribution in [-0.4, -0.2) is 35.5 Å². The Labute approximate surface area is 142 Å². The second-order valence-corrected chi connectivity index (χ2v) is 7.61. The van der Waals surface area contributed by atoms with E-state index in [-0.39, 0.29) is 6.79 Å². The molecule has 1 saturated heterocycles. The second kappa shape index (κ2) is 5.83. The van der Waals surface area contributed by atoms with Crippen LogP contribution in [0.2, 0.25) is 5.02 Å². The third-order valence-electron chi connectivity index (χ3n) is 5.94. The van der Waals surface area contributed by atoms with Crippen molar-refractivity contribution in [1.29, 1.82) is 0 Å². The maximum Gasteiger partial charge on any atom is 0.231 e. The minimum Gasteiger partial charge on any atom is -0.454 e. The number of ether oxygens (including phenoxy) is 2. The first-order chi connectivity index (χ1) is 11.1. The van der Waals surface area contributed by atoms with E-state index in [4.69, 9.17) is 21.1 Å². The molecule has 2 fully saturated rings. The molecule has 0 radical (unpaired) electrons. The van der Waals surface area contributed by atoms with Crippen LogP contribution in [0.3, 0.4) is 0 Å². The summed E-state index contributed by atoms with van der Waals surface area (Å²) < 4.78 is 10.8. The van der Waals surface area contributed by atoms with E-state index in [0.29, 0.717) is 11.8 Å². The molecule has 1 aliphatic carbocycles. The monoisotopic (exact) mass is 337 g/mol. The molecule has 0 unspecified atom stereocenters. The molecule has 0 aromatic heterocycles. The lowest BCUT2D eigenvalue weighted by molar-refractivity contribution is -0.0613. The van der Waals surface area contributed by atoms with Gasteiger partial charge < -0.3 is 14.6 Å². The third kappa shape index (κ3) is 2.71. The molecule has 2 heterocycles. The molecule has 0 amide bonds. The number of halogens is 1. The number of hydrogen-bond acceptors (Lipinski definition) is 4. The summed E-state index contributed by atoms with van der Waals surface area (Å²) in [6.45, 7) is 5.20. The highest BCUT2D eigenvalue weighted by atomic mass is 35.5. The van der Waals surface area contributed by atoms with Crippen LogP contribution < -0.4 is 9.47 Å². The van der Waals surface area contributed by atoms with Gasteiger partial charge in [-0.25, -0.2) is 0 Å². The normalized spacial score (nSPS) is 33.0. The van der Waals surface area contributed by atoms with Gasteiger partial charge in [-0.05, 0) is 36.8 Å². The molecular formula is C18H24ClNO3. The Morgan fingerprint density at radius 1 is 1.30 bits per heavy atom. The first-order valence-electron chi connectivity index (χ1n) is 8.62. The van der Waals surface area contributed by atoms with Gasteiger partial charge in [-0.15, -0.1) is 0 Å². The minimum atomic E-state index is -0.476. The van der Waals surface area contributed by atoms with Crippen molar-refractivity contribution >= 4 is 11.6 Å². The van der Waals surface area contributed by atoms with Crippen LogP contribution in [0.5, 0.6) is 11.5 Å². The Morgan fingerprint density at radius 3 is 2.87 bits per heavy atom. The number of rotatable bonds is 3. The SMILES string of the molecule is CC[C@]1(O)CCC[C@H]2CN(Cc3cc4c(cc3Cl)OCO4)C[C@H]21. The molecule has 5 heteroatoms. The summed E-state index contributed by atoms with van der Waals surface area (Å²) in [6, 6.07) is 3.85. The van der Waals surface area contributed by atoms with Crippen LogP contribution in [0.15, 0.2) is 12.1 Å². The van der Waals surface area contributed by atoms with Crippen molar-refractivity contribution in [3.8, 4) is 11.5 Å². The highest BCUT2D eigenvalue weighted by Gasteiger charge is 2.47. The van der Waals surface area contributed by atoms with E-state index in [0.717, 1.165) is 61.0 Å². The van der Waals surface area contributed by atoms with Gasteiger partial charge in [-0.3, -0.25) is 4.90 Å². The van der Waals surface area contributed by atoms with Crippen LogP contribution in [0.25, 0.3) is 0 Å². The lowest BCUT2D eigenvalue weighted by Crippen LogP contribution is -2.44. The highest BCUT2D eigenvalue weighted by molar-refractivity contribution is 6.31. The summed E-state index contributed by atoms with van der Waals surface area (Å²) in [4.78, 5) is 2.44. The van der Waals surface area contributed by atoms with Crippen molar-refractivity contribution in [2.24, 2.45) is 11.8 Å². The first-order valence-corrected chi connectivity index (χ1v) is 8.99. The topological polar surface area (TPSA) is 41.9 Å². The van der Waals surface area contributed by atoms with Crippen LogP contribution in [0, 0.1) is 11.8 Å². The fourth-order valence-electron chi connectivity index (χ4n) is 4.61. The van der Waals surface area contributed by atoms with E-state index in [2.05, 4.69) is 11.8 Å². The first kappa shape index (κ1) is 15.6. The van der Waals surface area contributed by atoms with Crippen LogP contribution in [0.4, 0.5) is 0 Å². The molecule has 126 valence electrons. The van der Waals surface area contributed by atoms with Crippen molar-refractivity contribution < 1.29 is 14.6 Å². The molecule has 2 aliphatic heterocycles. The Balaban J connectivity index is 1.51. The molecular weight excluding hydrogens is 314 g/mol. The summed E-state index contributed by atoms with van der Waals surface area (Å²) in [5.74, 6) is 2.52. The molecule has 1 aromatic carbocycles. The van der Waals surface area contributed by atoms with E-state index >= 15 is 0 Å². The molecule has 23 heavy (non-hydrogen) atoms. The minimum absolute atomic E-state index is 0.270. The molecule has 0 bridgehead atoms. The fraction of sp³-hybridized carbons (Fsp3) is 0.667. The zero-order valence-electron chi connectivity index (χ0n) is 13.6. The van der Waals surface area contributed by atoms with E-state index in [1.807, 2.05) is 12.1 Å². The maximum absolute atomic E-state index is 10.9. The van der Waals surface area contributed by atoms with Gasteiger partial charge >= 0.3 is 0 Å². The largest absolute Gasteiger partial charge is 0.454 e. The van der Waals surface area contributed by atoms with Gasteiger partial charge in [0.25, 0.3) is 0 Å². The Hall–Kier alpha value is -0.970. The maximum atomic E-state index is 10.9. The average Bonchev–Trinajstić information content (AvgIpc) is 3.15. The van der Waals surface area contributed by atoms with Gasteiger partial charge in [0.15, 0.2) is 11.5 Å². The number of fused-ring (bicyclic) bond motifs is 2. The summed E-state index contributed by atoms with van der Waals surface area (Å²) in [5, 5.41) is 11.7. The molecule has 1 N–H and O–H groups in total. The lowest BCUT2D eigenvalue weighted by atomic mass is 9.69. The van der Waals surface area contributed by atoms with Gasteiger partial charge in [0.05, 0.1) is 5.60 Å². The second-order valence-electron chi connectivity index (χ2n) is 7.21. The summed E-state index contributed by atoms with van der Waals surface area (Å²) in [7, 11) is 0. The molecule has 1 aromatic rings. The lowest BCUT2D eigenvalue weighted by Gasteiger charge is -2.40. The molecule has 3 aliphatic rings. The highest BCUT2D eigenvalue weighted by Crippen LogP contribution is 2.45. The van der Waals surface area contributed by atoms with Crippen LogP contribution in [0.1, 0.15) is 38.2 Å². The van der Waals surface area contributed by atoms with Crippen molar-refractivity contribution in [3.63, 3.8) is 0 Å². The summed E-state index contributed by atoms with van der Waals surface area (Å²) >= 11 is 6.41. The van der Waals surface area contributed by atoms with E-state index < -0.39 is 5.60 Å². The Kier molecular flexibility index (Phi) is 3.94. The van der Waals surface area contributed by atoms with Gasteiger partial charge in [0.2, 0.25) is 6.79 Å². The Morgan fingerprint density at radius 2 is 2.09 bits per heavy atom. The van der Waals surface area contributed by atoms with Crippen molar-refractivity contribution in [1.82, 2.24) is 4.90 Å². The summed E-state index contributed by atoms with van der Waals surface area (Å²) in [6.07, 6.45) is 4.18.